The third-order valence-corrected chi connectivity index (χ3v) is 2.80. The Labute approximate surface area is 123 Å². The van der Waals surface area contributed by atoms with Crippen molar-refractivity contribution in [2.24, 2.45) is 0 Å². The lowest BCUT2D eigenvalue weighted by Gasteiger charge is -2.11. The van der Waals surface area contributed by atoms with Crippen LogP contribution in [0.1, 0.15) is 22.8 Å². The normalized spacial score (nSPS) is 9.90. The third kappa shape index (κ3) is 5.00. The Kier molecular flexibility index (Phi) is 6.17. The average molecular weight is 345 g/mol. The van der Waals surface area contributed by atoms with Crippen molar-refractivity contribution < 1.29 is 29.0 Å². The first-order valence-electron chi connectivity index (χ1n) is 5.64. The number of carboxylic acids is 1. The van der Waals surface area contributed by atoms with E-state index in [-0.39, 0.29) is 23.5 Å². The fourth-order valence-corrected chi connectivity index (χ4v) is 1.73. The van der Waals surface area contributed by atoms with Crippen LogP contribution in [0, 0.1) is 0 Å². The van der Waals surface area contributed by atoms with Crippen molar-refractivity contribution in [1.29, 1.82) is 0 Å². The highest BCUT2D eigenvalue weighted by Gasteiger charge is 2.12. The highest BCUT2D eigenvalue weighted by atomic mass is 79.9. The van der Waals surface area contributed by atoms with E-state index in [9.17, 15) is 14.4 Å². The van der Waals surface area contributed by atoms with Crippen LogP contribution in [0.25, 0.3) is 0 Å². The highest BCUT2D eigenvalue weighted by molar-refractivity contribution is 9.09. The van der Waals surface area contributed by atoms with Crippen LogP contribution in [0.3, 0.4) is 0 Å². The van der Waals surface area contributed by atoms with Crippen LogP contribution in [0.2, 0.25) is 0 Å². The molecule has 7 heteroatoms. The molecule has 1 rings (SSSR count). The second kappa shape index (κ2) is 7.64. The average Bonchev–Trinajstić information content (AvgIpc) is 2.42. The minimum Gasteiger partial charge on any atom is -0.481 e. The van der Waals surface area contributed by atoms with Gasteiger partial charge in [-0.25, -0.2) is 4.79 Å². The van der Waals surface area contributed by atoms with E-state index < -0.39 is 18.5 Å². The summed E-state index contributed by atoms with van der Waals surface area (Å²) in [6.07, 6.45) is 0. The van der Waals surface area contributed by atoms with E-state index in [2.05, 4.69) is 15.9 Å². The molecule has 0 atom stereocenters. The summed E-state index contributed by atoms with van der Waals surface area (Å²) in [7, 11) is 0. The molecule has 1 N–H and O–H groups in total. The number of carbonyl (C=O) groups excluding carboxylic acids is 2. The molecule has 0 aliphatic carbocycles. The number of carboxylic acid groups (broad SMARTS) is 1. The second-order valence-electron chi connectivity index (χ2n) is 3.84. The predicted molar refractivity (Wildman–Crippen MR) is 73.2 cm³/mol. The molecule has 6 nitrogen and oxygen atoms in total. The van der Waals surface area contributed by atoms with E-state index in [1.807, 2.05) is 0 Å². The van der Waals surface area contributed by atoms with Gasteiger partial charge >= 0.3 is 11.9 Å². The number of hydrogen-bond acceptors (Lipinski definition) is 5. The Hall–Kier alpha value is -1.89. The van der Waals surface area contributed by atoms with Gasteiger partial charge in [-0.3, -0.25) is 9.59 Å². The molecule has 108 valence electrons. The maximum atomic E-state index is 11.6. The number of ketones is 1. The van der Waals surface area contributed by atoms with Crippen molar-refractivity contribution in [1.82, 2.24) is 0 Å². The molecule has 20 heavy (non-hydrogen) atoms. The van der Waals surface area contributed by atoms with Crippen LogP contribution in [0.5, 0.6) is 5.75 Å². The van der Waals surface area contributed by atoms with Crippen molar-refractivity contribution in [3.8, 4) is 5.75 Å². The lowest BCUT2D eigenvalue weighted by atomic mass is 10.1. The standard InChI is InChI=1S/C13H13BrO6/c1-8(15)19-6-10-4-9(11(16)5-14)2-3-12(10)20-7-13(17)18/h2-4H,5-7H2,1H3,(H,17,18). The van der Waals surface area contributed by atoms with Gasteiger partial charge in [0.25, 0.3) is 0 Å². The quantitative estimate of drug-likeness (QED) is 0.460. The van der Waals surface area contributed by atoms with Gasteiger partial charge in [0.05, 0.1) is 5.33 Å². The Bertz CT molecular complexity index is 526. The van der Waals surface area contributed by atoms with Gasteiger partial charge in [0.2, 0.25) is 0 Å². The minimum atomic E-state index is -1.12. The maximum Gasteiger partial charge on any atom is 0.341 e. The zero-order valence-electron chi connectivity index (χ0n) is 10.7. The SMILES string of the molecule is CC(=O)OCc1cc(C(=O)CBr)ccc1OCC(=O)O. The molecule has 0 saturated carbocycles. The van der Waals surface area contributed by atoms with Crippen molar-refractivity contribution in [3.05, 3.63) is 29.3 Å². The fraction of sp³-hybridized carbons (Fsp3) is 0.308. The van der Waals surface area contributed by atoms with Gasteiger partial charge in [0.15, 0.2) is 12.4 Å². The molecular weight excluding hydrogens is 332 g/mol. The van der Waals surface area contributed by atoms with Gasteiger partial charge < -0.3 is 14.6 Å². The summed E-state index contributed by atoms with van der Waals surface area (Å²) < 4.78 is 9.94. The summed E-state index contributed by atoms with van der Waals surface area (Å²) in [4.78, 5) is 32.9. The van der Waals surface area contributed by atoms with E-state index in [1.165, 1.54) is 25.1 Å². The van der Waals surface area contributed by atoms with E-state index in [4.69, 9.17) is 14.6 Å². The molecule has 0 fully saturated rings. The van der Waals surface area contributed by atoms with E-state index in [0.717, 1.165) is 0 Å². The van der Waals surface area contributed by atoms with Crippen molar-refractivity contribution in [3.63, 3.8) is 0 Å². The monoisotopic (exact) mass is 344 g/mol. The summed E-state index contributed by atoms with van der Waals surface area (Å²) in [5.74, 6) is -1.48. The van der Waals surface area contributed by atoms with Crippen LogP contribution < -0.4 is 4.74 Å². The number of rotatable bonds is 7. The molecule has 0 amide bonds. The number of aliphatic carboxylic acids is 1. The summed E-state index contributed by atoms with van der Waals surface area (Å²) in [5.41, 5.74) is 0.861. The van der Waals surface area contributed by atoms with E-state index >= 15 is 0 Å². The maximum absolute atomic E-state index is 11.6. The molecule has 0 radical (unpaired) electrons. The number of carbonyl (C=O) groups is 3. The van der Waals surface area contributed by atoms with Crippen LogP contribution in [-0.2, 0) is 20.9 Å². The number of Topliss-reactive ketones (excluding diaryl/α,β-unsaturated/α-hetero) is 1. The van der Waals surface area contributed by atoms with Crippen molar-refractivity contribution >= 4 is 33.7 Å². The Morgan fingerprint density at radius 3 is 2.55 bits per heavy atom. The Balaban J connectivity index is 2.98. The number of alkyl halides is 1. The number of halogens is 1. The van der Waals surface area contributed by atoms with Gasteiger partial charge in [-0.15, -0.1) is 0 Å². The molecule has 0 spiro atoms. The largest absolute Gasteiger partial charge is 0.481 e. The van der Waals surface area contributed by atoms with Crippen LogP contribution in [-0.4, -0.2) is 34.8 Å². The van der Waals surface area contributed by atoms with Gasteiger partial charge in [-0.05, 0) is 18.2 Å². The van der Waals surface area contributed by atoms with Gasteiger partial charge in [0.1, 0.15) is 12.4 Å². The number of hydrogen-bond donors (Lipinski definition) is 1. The molecule has 0 unspecified atom stereocenters. The molecule has 0 saturated heterocycles. The number of esters is 1. The van der Waals surface area contributed by atoms with Crippen LogP contribution >= 0.6 is 15.9 Å². The van der Waals surface area contributed by atoms with E-state index in [0.29, 0.717) is 11.1 Å². The highest BCUT2D eigenvalue weighted by Crippen LogP contribution is 2.22. The fourth-order valence-electron chi connectivity index (χ4n) is 1.40. The molecule has 1 aromatic rings. The lowest BCUT2D eigenvalue weighted by Crippen LogP contribution is -2.12. The lowest BCUT2D eigenvalue weighted by molar-refractivity contribution is -0.142. The first kappa shape index (κ1) is 16.2. The summed E-state index contributed by atoms with van der Waals surface area (Å²) in [6, 6.07) is 4.53. The smallest absolute Gasteiger partial charge is 0.341 e. The van der Waals surface area contributed by atoms with Gasteiger partial charge in [0, 0.05) is 18.1 Å². The Morgan fingerprint density at radius 2 is 2.00 bits per heavy atom. The molecule has 0 bridgehead atoms. The molecule has 0 aromatic heterocycles. The summed E-state index contributed by atoms with van der Waals surface area (Å²) >= 11 is 3.06. The molecule has 0 heterocycles. The summed E-state index contributed by atoms with van der Waals surface area (Å²) in [6.45, 7) is 0.651. The molecule has 0 aliphatic rings. The zero-order chi connectivity index (χ0) is 15.1. The first-order valence-corrected chi connectivity index (χ1v) is 6.76. The number of ether oxygens (including phenoxy) is 2. The topological polar surface area (TPSA) is 89.9 Å². The van der Waals surface area contributed by atoms with Crippen molar-refractivity contribution in [2.75, 3.05) is 11.9 Å². The van der Waals surface area contributed by atoms with Gasteiger partial charge in [-0.2, -0.15) is 0 Å². The minimum absolute atomic E-state index is 0.0896. The van der Waals surface area contributed by atoms with E-state index in [1.54, 1.807) is 0 Å². The zero-order valence-corrected chi connectivity index (χ0v) is 12.3. The molecule has 0 aliphatic heterocycles. The number of benzene rings is 1. The van der Waals surface area contributed by atoms with Gasteiger partial charge in [-0.1, -0.05) is 15.9 Å². The Morgan fingerprint density at radius 1 is 1.30 bits per heavy atom. The predicted octanol–water partition coefficient (Wildman–Crippen LogP) is 1.79. The second-order valence-corrected chi connectivity index (χ2v) is 4.40. The molecular formula is C13H13BrO6. The first-order chi connectivity index (χ1) is 9.43. The van der Waals surface area contributed by atoms with Crippen LogP contribution in [0.15, 0.2) is 18.2 Å². The third-order valence-electron chi connectivity index (χ3n) is 2.29. The van der Waals surface area contributed by atoms with Crippen molar-refractivity contribution in [2.45, 2.75) is 13.5 Å². The van der Waals surface area contributed by atoms with Crippen LogP contribution in [0.4, 0.5) is 0 Å². The molecule has 1 aromatic carbocycles. The summed E-state index contributed by atoms with van der Waals surface area (Å²) in [5, 5.41) is 8.76.